The molecular weight excluding hydrogens is 330 g/mol. The lowest BCUT2D eigenvalue weighted by molar-refractivity contribution is -0.146. The second-order valence-electron chi connectivity index (χ2n) is 7.20. The standard InChI is InChI=1S/C21H25NO2S/c23-20(22-11-3-4-12-22)21(9-13-24-14-10-21)16-17-6-1-2-7-18(17)19-8-5-15-25-19/h1-2,5-8,15H,3-4,9-14,16H2. The van der Waals surface area contributed by atoms with Crippen molar-refractivity contribution in [1.82, 2.24) is 4.90 Å². The monoisotopic (exact) mass is 355 g/mol. The molecule has 4 rings (SSSR count). The normalized spacial score (nSPS) is 19.9. The molecule has 1 aromatic heterocycles. The van der Waals surface area contributed by atoms with Gasteiger partial charge in [-0.25, -0.2) is 0 Å². The molecule has 0 aliphatic carbocycles. The number of likely N-dealkylation sites (tertiary alicyclic amines) is 1. The van der Waals surface area contributed by atoms with E-state index >= 15 is 0 Å². The van der Waals surface area contributed by atoms with Crippen molar-refractivity contribution in [2.45, 2.75) is 32.1 Å². The number of carbonyl (C=O) groups excluding carboxylic acids is 1. The predicted octanol–water partition coefficient (Wildman–Crippen LogP) is 4.38. The van der Waals surface area contributed by atoms with Crippen molar-refractivity contribution < 1.29 is 9.53 Å². The number of nitrogens with zero attached hydrogens (tertiary/aromatic N) is 1. The van der Waals surface area contributed by atoms with E-state index in [0.29, 0.717) is 19.1 Å². The quantitative estimate of drug-likeness (QED) is 0.815. The zero-order valence-corrected chi connectivity index (χ0v) is 15.4. The molecule has 3 nitrogen and oxygen atoms in total. The molecule has 0 N–H and O–H groups in total. The molecule has 2 saturated heterocycles. The first kappa shape index (κ1) is 16.8. The Kier molecular flexibility index (Phi) is 4.91. The molecule has 1 amide bonds. The predicted molar refractivity (Wildman–Crippen MR) is 102 cm³/mol. The summed E-state index contributed by atoms with van der Waals surface area (Å²) in [6, 6.07) is 12.8. The van der Waals surface area contributed by atoms with Crippen LogP contribution in [-0.2, 0) is 16.0 Å². The molecule has 0 unspecified atom stereocenters. The highest BCUT2D eigenvalue weighted by molar-refractivity contribution is 7.13. The number of benzene rings is 1. The molecular formula is C21H25NO2S. The van der Waals surface area contributed by atoms with Crippen molar-refractivity contribution in [3.05, 3.63) is 47.3 Å². The van der Waals surface area contributed by atoms with Gasteiger partial charge in [0.2, 0.25) is 5.91 Å². The maximum atomic E-state index is 13.4. The van der Waals surface area contributed by atoms with Gasteiger partial charge < -0.3 is 9.64 Å². The summed E-state index contributed by atoms with van der Waals surface area (Å²) in [6.07, 6.45) is 4.77. The number of hydrogen-bond donors (Lipinski definition) is 0. The second-order valence-corrected chi connectivity index (χ2v) is 8.15. The summed E-state index contributed by atoms with van der Waals surface area (Å²) < 4.78 is 5.61. The van der Waals surface area contributed by atoms with Crippen LogP contribution < -0.4 is 0 Å². The Labute approximate surface area is 153 Å². The highest BCUT2D eigenvalue weighted by atomic mass is 32.1. The smallest absolute Gasteiger partial charge is 0.229 e. The first-order valence-corrected chi connectivity index (χ1v) is 10.2. The minimum atomic E-state index is -0.296. The lowest BCUT2D eigenvalue weighted by Gasteiger charge is -2.39. The first-order valence-electron chi connectivity index (χ1n) is 9.27. The minimum absolute atomic E-state index is 0.296. The fourth-order valence-electron chi connectivity index (χ4n) is 4.20. The molecule has 1 aromatic carbocycles. The Balaban J connectivity index is 1.67. The number of thiophene rings is 1. The van der Waals surface area contributed by atoms with Crippen molar-refractivity contribution in [3.63, 3.8) is 0 Å². The molecule has 2 aliphatic rings. The van der Waals surface area contributed by atoms with Crippen molar-refractivity contribution in [3.8, 4) is 10.4 Å². The molecule has 0 spiro atoms. The first-order chi connectivity index (χ1) is 12.3. The van der Waals surface area contributed by atoms with Crippen molar-refractivity contribution in [1.29, 1.82) is 0 Å². The number of rotatable bonds is 4. The molecule has 25 heavy (non-hydrogen) atoms. The molecule has 2 aromatic rings. The van der Waals surface area contributed by atoms with Gasteiger partial charge in [-0.2, -0.15) is 0 Å². The molecule has 0 bridgehead atoms. The molecule has 0 radical (unpaired) electrons. The van der Waals surface area contributed by atoms with Gasteiger partial charge in [0, 0.05) is 31.2 Å². The summed E-state index contributed by atoms with van der Waals surface area (Å²) >= 11 is 1.76. The lowest BCUT2D eigenvalue weighted by atomic mass is 9.73. The van der Waals surface area contributed by atoms with Crippen LogP contribution in [0.4, 0.5) is 0 Å². The number of amides is 1. The Bertz CT molecular complexity index is 713. The molecule has 2 fully saturated rings. The number of carbonyl (C=O) groups is 1. The van der Waals surface area contributed by atoms with E-state index in [0.717, 1.165) is 45.2 Å². The van der Waals surface area contributed by atoms with E-state index in [2.05, 4.69) is 46.7 Å². The number of ether oxygens (including phenoxy) is 1. The van der Waals surface area contributed by atoms with Crippen LogP contribution in [0.15, 0.2) is 41.8 Å². The van der Waals surface area contributed by atoms with E-state index in [1.165, 1.54) is 16.0 Å². The summed E-state index contributed by atoms with van der Waals surface area (Å²) in [6.45, 7) is 3.24. The van der Waals surface area contributed by atoms with Crippen molar-refractivity contribution in [2.75, 3.05) is 26.3 Å². The van der Waals surface area contributed by atoms with Gasteiger partial charge in [-0.05, 0) is 54.7 Å². The molecule has 4 heteroatoms. The largest absolute Gasteiger partial charge is 0.381 e. The highest BCUT2D eigenvalue weighted by Gasteiger charge is 2.43. The molecule has 3 heterocycles. The highest BCUT2D eigenvalue weighted by Crippen LogP contribution is 2.40. The van der Waals surface area contributed by atoms with E-state index in [1.54, 1.807) is 11.3 Å². The summed E-state index contributed by atoms with van der Waals surface area (Å²) in [5.41, 5.74) is 2.27. The third-order valence-corrected chi connectivity index (χ3v) is 6.53. The summed E-state index contributed by atoms with van der Waals surface area (Å²) in [5.74, 6) is 0.356. The Morgan fingerprint density at radius 3 is 2.56 bits per heavy atom. The van der Waals surface area contributed by atoms with Crippen LogP contribution in [0.1, 0.15) is 31.2 Å². The van der Waals surface area contributed by atoms with Crippen LogP contribution in [0.25, 0.3) is 10.4 Å². The van der Waals surface area contributed by atoms with Crippen molar-refractivity contribution >= 4 is 17.2 Å². The average molecular weight is 356 g/mol. The van der Waals surface area contributed by atoms with Crippen LogP contribution in [0.5, 0.6) is 0 Å². The second kappa shape index (κ2) is 7.30. The van der Waals surface area contributed by atoms with Gasteiger partial charge in [0.25, 0.3) is 0 Å². The van der Waals surface area contributed by atoms with Crippen LogP contribution in [0.3, 0.4) is 0 Å². The SMILES string of the molecule is O=C(N1CCCC1)C1(Cc2ccccc2-c2cccs2)CCOCC1. The minimum Gasteiger partial charge on any atom is -0.381 e. The topological polar surface area (TPSA) is 29.5 Å². The van der Waals surface area contributed by atoms with Crippen LogP contribution in [0.2, 0.25) is 0 Å². The van der Waals surface area contributed by atoms with Gasteiger partial charge in [0.1, 0.15) is 0 Å². The molecule has 2 aliphatic heterocycles. The summed E-state index contributed by atoms with van der Waals surface area (Å²) in [4.78, 5) is 16.8. The van der Waals surface area contributed by atoms with Gasteiger partial charge in [0.15, 0.2) is 0 Å². The van der Waals surface area contributed by atoms with E-state index in [4.69, 9.17) is 4.74 Å². The third kappa shape index (κ3) is 3.38. The van der Waals surface area contributed by atoms with Gasteiger partial charge in [0.05, 0.1) is 5.41 Å². The lowest BCUT2D eigenvalue weighted by Crippen LogP contribution is -2.47. The molecule has 132 valence electrons. The van der Waals surface area contributed by atoms with E-state index in [9.17, 15) is 4.79 Å². The van der Waals surface area contributed by atoms with Crippen molar-refractivity contribution in [2.24, 2.45) is 5.41 Å². The van der Waals surface area contributed by atoms with Crippen LogP contribution in [-0.4, -0.2) is 37.1 Å². The maximum Gasteiger partial charge on any atom is 0.229 e. The fraction of sp³-hybridized carbons (Fsp3) is 0.476. The average Bonchev–Trinajstić information content (AvgIpc) is 3.36. The van der Waals surface area contributed by atoms with E-state index in [-0.39, 0.29) is 5.41 Å². The summed E-state index contributed by atoms with van der Waals surface area (Å²) in [5, 5.41) is 2.12. The van der Waals surface area contributed by atoms with Crippen LogP contribution >= 0.6 is 11.3 Å². The van der Waals surface area contributed by atoms with Gasteiger partial charge in [-0.1, -0.05) is 30.3 Å². The van der Waals surface area contributed by atoms with E-state index in [1.807, 2.05) is 0 Å². The van der Waals surface area contributed by atoms with Gasteiger partial charge in [-0.15, -0.1) is 11.3 Å². The molecule has 0 saturated carbocycles. The zero-order chi connectivity index (χ0) is 17.1. The Morgan fingerprint density at radius 1 is 1.08 bits per heavy atom. The van der Waals surface area contributed by atoms with Gasteiger partial charge >= 0.3 is 0 Å². The Morgan fingerprint density at radius 2 is 1.84 bits per heavy atom. The Hall–Kier alpha value is -1.65. The zero-order valence-electron chi connectivity index (χ0n) is 14.6. The fourth-order valence-corrected chi connectivity index (χ4v) is 4.98. The van der Waals surface area contributed by atoms with Crippen LogP contribution in [0, 0.1) is 5.41 Å². The summed E-state index contributed by atoms with van der Waals surface area (Å²) in [7, 11) is 0. The molecule has 0 atom stereocenters. The van der Waals surface area contributed by atoms with E-state index < -0.39 is 0 Å². The maximum absolute atomic E-state index is 13.4. The third-order valence-electron chi connectivity index (χ3n) is 5.63. The van der Waals surface area contributed by atoms with Gasteiger partial charge in [-0.3, -0.25) is 4.79 Å². The number of hydrogen-bond acceptors (Lipinski definition) is 3.